The van der Waals surface area contributed by atoms with Gasteiger partial charge in [0.1, 0.15) is 23.3 Å². The molecule has 3 heterocycles. The summed E-state index contributed by atoms with van der Waals surface area (Å²) in [5.74, 6) is -1.25. The van der Waals surface area contributed by atoms with Gasteiger partial charge in [-0.3, -0.25) is 4.90 Å². The maximum atomic E-state index is 14.7. The number of rotatable bonds is 6. The van der Waals surface area contributed by atoms with Gasteiger partial charge in [-0.05, 0) is 58.7 Å². The normalized spacial score (nSPS) is 23.1. The summed E-state index contributed by atoms with van der Waals surface area (Å²) in [6.45, 7) is 9.64. The quantitative estimate of drug-likeness (QED) is 0.534. The van der Waals surface area contributed by atoms with Crippen molar-refractivity contribution in [3.63, 3.8) is 0 Å². The number of amides is 1. The van der Waals surface area contributed by atoms with Gasteiger partial charge in [-0.2, -0.15) is 0 Å². The highest BCUT2D eigenvalue weighted by Crippen LogP contribution is 2.35. The molecule has 0 aliphatic carbocycles. The van der Waals surface area contributed by atoms with Crippen molar-refractivity contribution in [2.24, 2.45) is 0 Å². The second kappa shape index (κ2) is 10.8. The van der Waals surface area contributed by atoms with Gasteiger partial charge in [-0.25, -0.2) is 32.0 Å². The van der Waals surface area contributed by atoms with Crippen molar-refractivity contribution >= 4 is 15.9 Å². The van der Waals surface area contributed by atoms with Crippen molar-refractivity contribution in [3.8, 4) is 0 Å². The third kappa shape index (κ3) is 6.13. The van der Waals surface area contributed by atoms with Crippen molar-refractivity contribution < 1.29 is 31.5 Å². The molecule has 0 radical (unpaired) electrons. The van der Waals surface area contributed by atoms with Crippen molar-refractivity contribution in [1.82, 2.24) is 20.2 Å². The number of hydrogen-bond donors (Lipinski definition) is 1. The van der Waals surface area contributed by atoms with E-state index in [0.717, 1.165) is 23.8 Å². The van der Waals surface area contributed by atoms with Crippen LogP contribution in [0.2, 0.25) is 0 Å². The van der Waals surface area contributed by atoms with E-state index in [2.05, 4.69) is 20.2 Å². The number of nitrogens with zero attached hydrogens (tertiary/aromatic N) is 3. The van der Waals surface area contributed by atoms with E-state index in [0.29, 0.717) is 31.6 Å². The molecular weight excluding hydrogens is 518 g/mol. The lowest BCUT2D eigenvalue weighted by atomic mass is 9.92. The lowest BCUT2D eigenvalue weighted by molar-refractivity contribution is -0.0628. The Morgan fingerprint density at radius 3 is 2.71 bits per heavy atom. The molecule has 1 aromatic carbocycles. The number of ether oxygens (including phenoxy) is 2. The average Bonchev–Trinajstić information content (AvgIpc) is 3.27. The number of carbonyl (C=O) groups is 1. The maximum absolute atomic E-state index is 14.7. The molecule has 0 spiro atoms. The second-order valence-electron chi connectivity index (χ2n) is 10.9. The number of carbonyl (C=O) groups excluding carboxylic acids is 1. The standard InChI is InChI=1S/C26H34F2N4O5S/c1-6-15(2)38(34,35)24-29-11-16-12-32(13-22(16)30-24)18-10-21(31-25(33)37-26(3,4)5)23(36-14-18)19-9-17(27)7-8-20(19)28/h7-9,11,15,18,21,23H,6,10,12-14H2,1-5H3,(H,31,33)/t15?,18-,21+,23-/m1/s1. The van der Waals surface area contributed by atoms with Crippen LogP contribution in [-0.2, 0) is 32.4 Å². The van der Waals surface area contributed by atoms with Crippen LogP contribution in [0, 0.1) is 11.6 Å². The fourth-order valence-corrected chi connectivity index (χ4v) is 5.89. The molecule has 2 aliphatic heterocycles. The monoisotopic (exact) mass is 552 g/mol. The van der Waals surface area contributed by atoms with Crippen LogP contribution in [-0.4, -0.2) is 58.9 Å². The van der Waals surface area contributed by atoms with E-state index in [1.54, 1.807) is 40.8 Å². The fraction of sp³-hybridized carbons (Fsp3) is 0.577. The van der Waals surface area contributed by atoms with Crippen LogP contribution >= 0.6 is 0 Å². The van der Waals surface area contributed by atoms with Gasteiger partial charge in [-0.15, -0.1) is 0 Å². The fourth-order valence-electron chi connectivity index (χ4n) is 4.66. The molecule has 38 heavy (non-hydrogen) atoms. The zero-order valence-corrected chi connectivity index (χ0v) is 23.0. The van der Waals surface area contributed by atoms with Crippen molar-refractivity contribution in [2.45, 2.75) is 94.7 Å². The molecule has 0 bridgehead atoms. The molecule has 1 amide bonds. The predicted molar refractivity (Wildman–Crippen MR) is 135 cm³/mol. The van der Waals surface area contributed by atoms with E-state index in [-0.39, 0.29) is 23.4 Å². The smallest absolute Gasteiger partial charge is 0.407 e. The summed E-state index contributed by atoms with van der Waals surface area (Å²) in [7, 11) is -3.63. The van der Waals surface area contributed by atoms with E-state index in [1.807, 2.05) is 0 Å². The van der Waals surface area contributed by atoms with E-state index < -0.39 is 50.6 Å². The van der Waals surface area contributed by atoms with Crippen molar-refractivity contribution in [1.29, 1.82) is 0 Å². The van der Waals surface area contributed by atoms with E-state index >= 15 is 0 Å². The third-order valence-corrected chi connectivity index (χ3v) is 8.96. The minimum Gasteiger partial charge on any atom is -0.444 e. The summed E-state index contributed by atoms with van der Waals surface area (Å²) in [6.07, 6.45) is 0.741. The van der Waals surface area contributed by atoms with Crippen LogP contribution in [0.1, 0.15) is 70.4 Å². The second-order valence-corrected chi connectivity index (χ2v) is 13.1. The number of aromatic nitrogens is 2. The molecule has 2 aliphatic rings. The van der Waals surface area contributed by atoms with Crippen LogP contribution in [0.15, 0.2) is 29.6 Å². The molecule has 0 saturated carbocycles. The zero-order valence-electron chi connectivity index (χ0n) is 22.2. The van der Waals surface area contributed by atoms with Gasteiger partial charge in [0.05, 0.1) is 23.6 Å². The number of sulfone groups is 1. The Morgan fingerprint density at radius 2 is 2.03 bits per heavy atom. The van der Waals surface area contributed by atoms with Crippen LogP contribution in [0.5, 0.6) is 0 Å². The summed E-state index contributed by atoms with van der Waals surface area (Å²) in [4.78, 5) is 23.2. The van der Waals surface area contributed by atoms with Gasteiger partial charge in [0, 0.05) is 36.5 Å². The molecule has 4 rings (SSSR count). The Balaban J connectivity index is 1.54. The average molecular weight is 553 g/mol. The van der Waals surface area contributed by atoms with Crippen LogP contribution in [0.4, 0.5) is 13.6 Å². The van der Waals surface area contributed by atoms with E-state index in [4.69, 9.17) is 9.47 Å². The molecule has 1 fully saturated rings. The number of halogens is 2. The lowest BCUT2D eigenvalue weighted by Gasteiger charge is -2.40. The highest BCUT2D eigenvalue weighted by Gasteiger charge is 2.40. The van der Waals surface area contributed by atoms with E-state index in [1.165, 1.54) is 0 Å². The molecule has 2 aromatic rings. The highest BCUT2D eigenvalue weighted by molar-refractivity contribution is 7.91. The van der Waals surface area contributed by atoms with Crippen LogP contribution < -0.4 is 5.32 Å². The van der Waals surface area contributed by atoms with Gasteiger partial charge in [0.2, 0.25) is 15.0 Å². The lowest BCUT2D eigenvalue weighted by Crippen LogP contribution is -2.52. The molecule has 208 valence electrons. The zero-order chi connectivity index (χ0) is 27.8. The van der Waals surface area contributed by atoms with Crippen LogP contribution in [0.25, 0.3) is 0 Å². The highest BCUT2D eigenvalue weighted by atomic mass is 32.2. The third-order valence-electron chi connectivity index (χ3n) is 6.86. The molecule has 9 nitrogen and oxygen atoms in total. The largest absolute Gasteiger partial charge is 0.444 e. The SMILES string of the molecule is CCC(C)S(=O)(=O)c1ncc2c(n1)CN([C@H]1CO[C@H](c3cc(F)ccc3F)[C@@H](NC(=O)OC(C)(C)C)C1)C2. The summed E-state index contributed by atoms with van der Waals surface area (Å²) in [5, 5.41) is 2.01. The molecule has 1 N–H and O–H groups in total. The number of hydrogen-bond acceptors (Lipinski definition) is 8. The topological polar surface area (TPSA) is 111 Å². The Morgan fingerprint density at radius 1 is 1.29 bits per heavy atom. The van der Waals surface area contributed by atoms with E-state index in [9.17, 15) is 22.0 Å². The number of benzene rings is 1. The summed E-state index contributed by atoms with van der Waals surface area (Å²) in [5.41, 5.74) is 0.695. The predicted octanol–water partition coefficient (Wildman–Crippen LogP) is 4.07. The van der Waals surface area contributed by atoms with Crippen molar-refractivity contribution in [3.05, 3.63) is 52.9 Å². The summed E-state index contributed by atoms with van der Waals surface area (Å²) < 4.78 is 65.6. The summed E-state index contributed by atoms with van der Waals surface area (Å²) >= 11 is 0. The number of nitrogens with one attached hydrogen (secondary N) is 1. The molecular formula is C26H34F2N4O5S. The van der Waals surface area contributed by atoms with Gasteiger partial charge < -0.3 is 14.8 Å². The van der Waals surface area contributed by atoms with Crippen molar-refractivity contribution in [2.75, 3.05) is 6.61 Å². The van der Waals surface area contributed by atoms with Gasteiger partial charge >= 0.3 is 6.09 Å². The Hall–Kier alpha value is -2.70. The number of alkyl carbamates (subject to hydrolysis) is 1. The Kier molecular flexibility index (Phi) is 8.06. The Bertz CT molecular complexity index is 1300. The molecule has 1 unspecified atom stereocenters. The first-order valence-electron chi connectivity index (χ1n) is 12.7. The first kappa shape index (κ1) is 28.3. The molecule has 1 saturated heterocycles. The van der Waals surface area contributed by atoms with Gasteiger partial charge in [0.15, 0.2) is 0 Å². The maximum Gasteiger partial charge on any atom is 0.407 e. The molecule has 1 aromatic heterocycles. The Labute approximate surface area is 221 Å². The molecule has 12 heteroatoms. The van der Waals surface area contributed by atoms with Crippen LogP contribution in [0.3, 0.4) is 0 Å². The minimum absolute atomic E-state index is 0.0139. The first-order valence-corrected chi connectivity index (χ1v) is 14.2. The molecule has 4 atom stereocenters. The number of fused-ring (bicyclic) bond motifs is 1. The minimum atomic E-state index is -3.63. The van der Waals surface area contributed by atoms with Gasteiger partial charge in [0.25, 0.3) is 0 Å². The van der Waals surface area contributed by atoms with Gasteiger partial charge in [-0.1, -0.05) is 6.92 Å². The first-order chi connectivity index (χ1) is 17.8. The summed E-state index contributed by atoms with van der Waals surface area (Å²) in [6, 6.07) is 2.21.